The van der Waals surface area contributed by atoms with Gasteiger partial charge in [0.1, 0.15) is 10.6 Å². The molecule has 0 radical (unpaired) electrons. The fourth-order valence-corrected chi connectivity index (χ4v) is 6.62. The van der Waals surface area contributed by atoms with E-state index in [1.54, 1.807) is 18.2 Å². The molecule has 2 aliphatic rings. The van der Waals surface area contributed by atoms with Crippen LogP contribution in [0.1, 0.15) is 53.1 Å². The van der Waals surface area contributed by atoms with Crippen molar-refractivity contribution in [2.75, 3.05) is 20.3 Å². The molecular formula is C27H31Cl2NO5S. The monoisotopic (exact) mass is 551 g/mol. The average molecular weight is 553 g/mol. The Hall–Kier alpha value is -1.82. The first-order valence-electron chi connectivity index (χ1n) is 12.4. The van der Waals surface area contributed by atoms with Gasteiger partial charge in [0.05, 0.1) is 19.8 Å². The second-order valence-corrected chi connectivity index (χ2v) is 11.3. The molecule has 2 heterocycles. The van der Waals surface area contributed by atoms with Crippen LogP contribution in [0.25, 0.3) is 4.85 Å². The van der Waals surface area contributed by atoms with Gasteiger partial charge in [-0.1, -0.05) is 23.2 Å². The van der Waals surface area contributed by atoms with Crippen LogP contribution in [0.4, 0.5) is 0 Å². The molecular weight excluding hydrogens is 521 g/mol. The van der Waals surface area contributed by atoms with Crippen molar-refractivity contribution in [2.45, 2.75) is 63.4 Å². The fourth-order valence-electron chi connectivity index (χ4n) is 5.14. The summed E-state index contributed by atoms with van der Waals surface area (Å²) in [5.74, 6) is 0.476. The highest BCUT2D eigenvalue weighted by atomic mass is 35.5. The summed E-state index contributed by atoms with van der Waals surface area (Å²) in [6, 6.07) is 8.83. The zero-order valence-corrected chi connectivity index (χ0v) is 22.6. The maximum Gasteiger partial charge on any atom is 0.348 e. The molecule has 1 aromatic carbocycles. The highest BCUT2D eigenvalue weighted by molar-refractivity contribution is 7.13. The van der Waals surface area contributed by atoms with Gasteiger partial charge in [0.15, 0.2) is 6.29 Å². The zero-order chi connectivity index (χ0) is 25.5. The van der Waals surface area contributed by atoms with Crippen molar-refractivity contribution in [2.24, 2.45) is 11.8 Å². The number of nitrogens with zero attached hydrogens (tertiary/aromatic N) is 1. The number of methoxy groups -OCH3 is 1. The summed E-state index contributed by atoms with van der Waals surface area (Å²) < 4.78 is 23.2. The van der Waals surface area contributed by atoms with E-state index in [0.717, 1.165) is 43.4 Å². The molecule has 194 valence electrons. The molecule has 0 spiro atoms. The summed E-state index contributed by atoms with van der Waals surface area (Å²) >= 11 is 13.8. The number of thiophene rings is 1. The Morgan fingerprint density at radius 1 is 1.19 bits per heavy atom. The molecule has 2 fully saturated rings. The van der Waals surface area contributed by atoms with Crippen LogP contribution in [0, 0.1) is 18.4 Å². The van der Waals surface area contributed by atoms with Gasteiger partial charge in [0.25, 0.3) is 0 Å². The van der Waals surface area contributed by atoms with Crippen molar-refractivity contribution in [1.82, 2.24) is 0 Å². The number of benzene rings is 1. The summed E-state index contributed by atoms with van der Waals surface area (Å²) in [7, 11) is 1.39. The molecule has 1 aromatic heterocycles. The van der Waals surface area contributed by atoms with Crippen LogP contribution in [-0.4, -0.2) is 44.7 Å². The SMILES string of the molecule is [C-]#[N+][C@@H]1C[C@@H](OC2CCCCO2)[C@H](COc2cc(Cl)cc(Cl)c2)[C@H]1CCCc1ccc(C(=O)OC)s1. The van der Waals surface area contributed by atoms with Crippen molar-refractivity contribution >= 4 is 40.5 Å². The molecule has 1 aliphatic heterocycles. The quantitative estimate of drug-likeness (QED) is 0.233. The molecule has 1 saturated carbocycles. The highest BCUT2D eigenvalue weighted by Crippen LogP contribution is 2.41. The van der Waals surface area contributed by atoms with Gasteiger partial charge in [-0.05, 0) is 68.9 Å². The molecule has 4 rings (SSSR count). The average Bonchev–Trinajstić information content (AvgIpc) is 3.47. The third-order valence-electron chi connectivity index (χ3n) is 6.91. The molecule has 36 heavy (non-hydrogen) atoms. The Kier molecular flexibility index (Phi) is 9.92. The number of carbonyl (C=O) groups is 1. The van der Waals surface area contributed by atoms with Crippen molar-refractivity contribution < 1.29 is 23.7 Å². The molecule has 2 aromatic rings. The molecule has 0 bridgehead atoms. The predicted molar refractivity (Wildman–Crippen MR) is 141 cm³/mol. The second-order valence-electron chi connectivity index (χ2n) is 9.30. The van der Waals surface area contributed by atoms with Crippen LogP contribution in [0.3, 0.4) is 0 Å². The van der Waals surface area contributed by atoms with E-state index in [9.17, 15) is 4.79 Å². The van der Waals surface area contributed by atoms with E-state index in [1.165, 1.54) is 18.4 Å². The van der Waals surface area contributed by atoms with Crippen molar-refractivity contribution in [3.8, 4) is 5.75 Å². The first kappa shape index (κ1) is 27.2. The first-order chi connectivity index (χ1) is 17.5. The van der Waals surface area contributed by atoms with Gasteiger partial charge in [0.2, 0.25) is 6.04 Å². The van der Waals surface area contributed by atoms with Crippen LogP contribution in [0.2, 0.25) is 10.0 Å². The molecule has 0 amide bonds. The lowest BCUT2D eigenvalue weighted by molar-refractivity contribution is -0.197. The van der Waals surface area contributed by atoms with Gasteiger partial charge in [-0.3, -0.25) is 0 Å². The van der Waals surface area contributed by atoms with Gasteiger partial charge in [-0.25, -0.2) is 11.4 Å². The Morgan fingerprint density at radius 3 is 2.69 bits per heavy atom. The van der Waals surface area contributed by atoms with Gasteiger partial charge in [-0.2, -0.15) is 0 Å². The minimum atomic E-state index is -0.307. The number of aryl methyl sites for hydroxylation is 1. The van der Waals surface area contributed by atoms with E-state index < -0.39 is 0 Å². The smallest absolute Gasteiger partial charge is 0.348 e. The molecule has 9 heteroatoms. The molecule has 0 N–H and O–H groups in total. The zero-order valence-electron chi connectivity index (χ0n) is 20.3. The topological polar surface area (TPSA) is 58.3 Å². The Morgan fingerprint density at radius 2 is 2.00 bits per heavy atom. The molecule has 1 unspecified atom stereocenters. The normalized spacial score (nSPS) is 25.9. The summed E-state index contributed by atoms with van der Waals surface area (Å²) in [5, 5.41) is 1.04. The fraction of sp³-hybridized carbons (Fsp3) is 0.556. The van der Waals surface area contributed by atoms with Crippen molar-refractivity contribution in [3.63, 3.8) is 0 Å². The number of carbonyl (C=O) groups excluding carboxylic acids is 1. The summed E-state index contributed by atoms with van der Waals surface area (Å²) in [5.41, 5.74) is 0. The van der Waals surface area contributed by atoms with Gasteiger partial charge in [0, 0.05) is 39.8 Å². The lowest BCUT2D eigenvalue weighted by atomic mass is 9.88. The number of halogens is 2. The maximum atomic E-state index is 11.8. The summed E-state index contributed by atoms with van der Waals surface area (Å²) in [6.07, 6.45) is 5.98. The second kappa shape index (κ2) is 13.1. The Bertz CT molecular complexity index is 1040. The van der Waals surface area contributed by atoms with E-state index in [-0.39, 0.29) is 36.2 Å². The molecule has 1 aliphatic carbocycles. The largest absolute Gasteiger partial charge is 0.493 e. The lowest BCUT2D eigenvalue weighted by Gasteiger charge is -2.30. The predicted octanol–water partition coefficient (Wildman–Crippen LogP) is 7.08. The first-order valence-corrected chi connectivity index (χ1v) is 13.9. The van der Waals surface area contributed by atoms with Gasteiger partial charge in [-0.15, -0.1) is 11.3 Å². The van der Waals surface area contributed by atoms with E-state index in [1.807, 2.05) is 12.1 Å². The minimum Gasteiger partial charge on any atom is -0.493 e. The Labute approximate surface area is 226 Å². The molecule has 1 saturated heterocycles. The van der Waals surface area contributed by atoms with Gasteiger partial charge >= 0.3 is 5.97 Å². The van der Waals surface area contributed by atoms with E-state index in [0.29, 0.717) is 40.3 Å². The van der Waals surface area contributed by atoms with E-state index in [4.69, 9.17) is 48.7 Å². The molecule has 6 nitrogen and oxygen atoms in total. The van der Waals surface area contributed by atoms with Crippen molar-refractivity contribution in [3.05, 3.63) is 61.5 Å². The number of esters is 1. The van der Waals surface area contributed by atoms with Crippen molar-refractivity contribution in [1.29, 1.82) is 0 Å². The number of hydrogen-bond acceptors (Lipinski definition) is 6. The third-order valence-corrected chi connectivity index (χ3v) is 8.47. The standard InChI is InChI=1S/C27H31Cl2NO5S/c1-30-23-15-24(35-26-8-3-4-11-33-26)22(16-34-19-13-17(28)12-18(29)14-19)21(23)7-5-6-20-9-10-25(36-20)27(31)32-2/h9-10,12-14,21-24,26H,3-8,11,15-16H2,2H3/t21-,22-,23-,24-,26?/m1/s1. The van der Waals surface area contributed by atoms with Crippen LogP contribution in [0.15, 0.2) is 30.3 Å². The Balaban J connectivity index is 1.44. The van der Waals surface area contributed by atoms with Crippen LogP contribution < -0.4 is 4.74 Å². The highest BCUT2D eigenvalue weighted by Gasteiger charge is 2.48. The van der Waals surface area contributed by atoms with Crippen LogP contribution >= 0.6 is 34.5 Å². The van der Waals surface area contributed by atoms with Crippen LogP contribution in [-0.2, 0) is 20.6 Å². The number of ether oxygens (including phenoxy) is 4. The van der Waals surface area contributed by atoms with E-state index >= 15 is 0 Å². The third kappa shape index (κ3) is 7.14. The maximum absolute atomic E-state index is 11.8. The summed E-state index contributed by atoms with van der Waals surface area (Å²) in [6.45, 7) is 8.99. The van der Waals surface area contributed by atoms with E-state index in [2.05, 4.69) is 4.85 Å². The molecule has 5 atom stereocenters. The summed E-state index contributed by atoms with van der Waals surface area (Å²) in [4.78, 5) is 17.5. The number of rotatable bonds is 10. The van der Waals surface area contributed by atoms with Crippen LogP contribution in [0.5, 0.6) is 5.75 Å². The minimum absolute atomic E-state index is 0.0429. The lowest BCUT2D eigenvalue weighted by Crippen LogP contribution is -2.34. The number of hydrogen-bond donors (Lipinski definition) is 0. The van der Waals surface area contributed by atoms with Gasteiger partial charge < -0.3 is 23.8 Å².